The topological polar surface area (TPSA) is 35.6 Å². The summed E-state index contributed by atoms with van der Waals surface area (Å²) in [5, 5.41) is 3.39. The highest BCUT2D eigenvalue weighted by atomic mass is 16.2. The zero-order valence-electron chi connectivity index (χ0n) is 8.87. The van der Waals surface area contributed by atoms with Gasteiger partial charge in [0.15, 0.2) is 0 Å². The van der Waals surface area contributed by atoms with Gasteiger partial charge in [0.25, 0.3) is 0 Å². The summed E-state index contributed by atoms with van der Waals surface area (Å²) in [4.78, 5) is 15.1. The molecule has 1 heterocycles. The van der Waals surface area contributed by atoms with Gasteiger partial charge in [-0.2, -0.15) is 0 Å². The molecular weight excluding hydrogens is 166 g/mol. The molecule has 0 saturated carbocycles. The average molecular weight is 185 g/mol. The summed E-state index contributed by atoms with van der Waals surface area (Å²) in [5.41, 5.74) is 0. The van der Waals surface area contributed by atoms with Crippen molar-refractivity contribution in [1.29, 1.82) is 0 Å². The minimum absolute atomic E-state index is 0.111. The Morgan fingerprint density at radius 2 is 1.77 bits per heavy atom. The second-order valence-corrected chi connectivity index (χ2v) is 4.05. The molecule has 1 rings (SSSR count). The molecule has 4 nitrogen and oxygen atoms in total. The van der Waals surface area contributed by atoms with Crippen LogP contribution in [0.2, 0.25) is 0 Å². The number of nitrogens with one attached hydrogen (secondary N) is 1. The van der Waals surface area contributed by atoms with E-state index in [4.69, 9.17) is 0 Å². The normalized spacial score (nSPS) is 28.8. The maximum Gasteiger partial charge on any atom is 0.319 e. The SMILES string of the molecule is CC1CN(C(=O)N(C)C)CC(C)N1. The Balaban J connectivity index is 2.55. The lowest BCUT2D eigenvalue weighted by atomic mass is 10.1. The smallest absolute Gasteiger partial charge is 0.319 e. The summed E-state index contributed by atoms with van der Waals surface area (Å²) in [5.74, 6) is 0. The zero-order chi connectivity index (χ0) is 10.0. The Kier molecular flexibility index (Phi) is 3.14. The predicted molar refractivity (Wildman–Crippen MR) is 52.7 cm³/mol. The van der Waals surface area contributed by atoms with E-state index in [2.05, 4.69) is 19.2 Å². The first-order chi connectivity index (χ1) is 6.00. The molecule has 2 unspecified atom stereocenters. The number of rotatable bonds is 0. The Morgan fingerprint density at radius 1 is 1.31 bits per heavy atom. The van der Waals surface area contributed by atoms with Crippen LogP contribution < -0.4 is 5.32 Å². The van der Waals surface area contributed by atoms with Crippen LogP contribution in [0.15, 0.2) is 0 Å². The lowest BCUT2D eigenvalue weighted by Gasteiger charge is -2.37. The molecule has 0 spiro atoms. The zero-order valence-corrected chi connectivity index (χ0v) is 8.87. The molecule has 13 heavy (non-hydrogen) atoms. The van der Waals surface area contributed by atoms with Gasteiger partial charge in [-0.3, -0.25) is 0 Å². The molecule has 0 aromatic heterocycles. The highest BCUT2D eigenvalue weighted by Crippen LogP contribution is 2.05. The molecule has 2 amide bonds. The quantitative estimate of drug-likeness (QED) is 0.591. The third kappa shape index (κ3) is 2.59. The van der Waals surface area contributed by atoms with Crippen molar-refractivity contribution in [2.45, 2.75) is 25.9 Å². The minimum Gasteiger partial charge on any atom is -0.331 e. The van der Waals surface area contributed by atoms with Crippen LogP contribution >= 0.6 is 0 Å². The third-order valence-electron chi connectivity index (χ3n) is 2.21. The lowest BCUT2D eigenvalue weighted by molar-refractivity contribution is 0.142. The molecule has 1 aliphatic rings. The number of hydrogen-bond acceptors (Lipinski definition) is 2. The van der Waals surface area contributed by atoms with Crippen LogP contribution in [0.25, 0.3) is 0 Å². The van der Waals surface area contributed by atoms with Crippen molar-refractivity contribution in [1.82, 2.24) is 15.1 Å². The molecule has 1 saturated heterocycles. The fraction of sp³-hybridized carbons (Fsp3) is 0.889. The van der Waals surface area contributed by atoms with E-state index in [1.54, 1.807) is 19.0 Å². The van der Waals surface area contributed by atoms with Crippen molar-refractivity contribution in [2.24, 2.45) is 0 Å². The molecule has 1 aliphatic heterocycles. The van der Waals surface area contributed by atoms with Gasteiger partial charge >= 0.3 is 6.03 Å². The number of nitrogens with zero attached hydrogens (tertiary/aromatic N) is 2. The number of urea groups is 1. The van der Waals surface area contributed by atoms with Gasteiger partial charge in [0.05, 0.1) is 0 Å². The van der Waals surface area contributed by atoms with E-state index in [0.717, 1.165) is 13.1 Å². The van der Waals surface area contributed by atoms with Crippen molar-refractivity contribution >= 4 is 6.03 Å². The molecule has 4 heteroatoms. The highest BCUT2D eigenvalue weighted by molar-refractivity contribution is 5.74. The lowest BCUT2D eigenvalue weighted by Crippen LogP contribution is -2.57. The summed E-state index contributed by atoms with van der Waals surface area (Å²) in [6.45, 7) is 5.82. The Morgan fingerprint density at radius 3 is 2.15 bits per heavy atom. The standard InChI is InChI=1S/C9H19N3O/c1-7-5-12(6-8(2)10-7)9(13)11(3)4/h7-8,10H,5-6H2,1-4H3. The first-order valence-corrected chi connectivity index (χ1v) is 4.73. The van der Waals surface area contributed by atoms with Gasteiger partial charge < -0.3 is 15.1 Å². The van der Waals surface area contributed by atoms with E-state index in [0.29, 0.717) is 12.1 Å². The Labute approximate surface area is 79.9 Å². The summed E-state index contributed by atoms with van der Waals surface area (Å²) in [6.07, 6.45) is 0. The van der Waals surface area contributed by atoms with E-state index in [-0.39, 0.29) is 6.03 Å². The molecule has 0 aromatic rings. The van der Waals surface area contributed by atoms with Gasteiger partial charge in [-0.25, -0.2) is 4.79 Å². The molecule has 0 aromatic carbocycles. The number of hydrogen-bond donors (Lipinski definition) is 1. The minimum atomic E-state index is 0.111. The van der Waals surface area contributed by atoms with Gasteiger partial charge in [-0.15, -0.1) is 0 Å². The van der Waals surface area contributed by atoms with Crippen molar-refractivity contribution in [3.05, 3.63) is 0 Å². The summed E-state index contributed by atoms with van der Waals surface area (Å²) < 4.78 is 0. The largest absolute Gasteiger partial charge is 0.331 e. The second kappa shape index (κ2) is 3.96. The molecule has 76 valence electrons. The first-order valence-electron chi connectivity index (χ1n) is 4.73. The van der Waals surface area contributed by atoms with Crippen molar-refractivity contribution in [2.75, 3.05) is 27.2 Å². The number of carbonyl (C=O) groups is 1. The van der Waals surface area contributed by atoms with E-state index in [9.17, 15) is 4.79 Å². The molecule has 0 aliphatic carbocycles. The van der Waals surface area contributed by atoms with Gasteiger partial charge in [0.1, 0.15) is 0 Å². The molecular formula is C9H19N3O. The Hall–Kier alpha value is -0.770. The van der Waals surface area contributed by atoms with E-state index in [1.165, 1.54) is 0 Å². The fourth-order valence-corrected chi connectivity index (χ4v) is 1.77. The molecule has 1 fully saturated rings. The van der Waals surface area contributed by atoms with E-state index >= 15 is 0 Å². The molecule has 2 atom stereocenters. The van der Waals surface area contributed by atoms with Crippen LogP contribution in [0.5, 0.6) is 0 Å². The monoisotopic (exact) mass is 185 g/mol. The third-order valence-corrected chi connectivity index (χ3v) is 2.21. The van der Waals surface area contributed by atoms with Crippen molar-refractivity contribution in [3.8, 4) is 0 Å². The summed E-state index contributed by atoms with van der Waals surface area (Å²) >= 11 is 0. The van der Waals surface area contributed by atoms with Gasteiger partial charge in [-0.05, 0) is 13.8 Å². The van der Waals surface area contributed by atoms with E-state index in [1.807, 2.05) is 4.90 Å². The number of piperazine rings is 1. The van der Waals surface area contributed by atoms with Crippen LogP contribution in [-0.4, -0.2) is 55.1 Å². The average Bonchev–Trinajstić information content (AvgIpc) is 2.01. The maximum absolute atomic E-state index is 11.6. The number of carbonyl (C=O) groups excluding carboxylic acids is 1. The Bertz CT molecular complexity index is 183. The van der Waals surface area contributed by atoms with Crippen molar-refractivity contribution in [3.63, 3.8) is 0 Å². The van der Waals surface area contributed by atoms with Gasteiger partial charge in [0, 0.05) is 39.3 Å². The first kappa shape index (κ1) is 10.3. The van der Waals surface area contributed by atoms with Gasteiger partial charge in [0.2, 0.25) is 0 Å². The number of amides is 2. The molecule has 0 bridgehead atoms. The van der Waals surface area contributed by atoms with E-state index < -0.39 is 0 Å². The van der Waals surface area contributed by atoms with Crippen LogP contribution in [-0.2, 0) is 0 Å². The second-order valence-electron chi connectivity index (χ2n) is 4.05. The van der Waals surface area contributed by atoms with Crippen LogP contribution in [0.4, 0.5) is 4.79 Å². The van der Waals surface area contributed by atoms with Crippen molar-refractivity contribution < 1.29 is 4.79 Å². The summed E-state index contributed by atoms with van der Waals surface area (Å²) in [7, 11) is 3.58. The maximum atomic E-state index is 11.6. The predicted octanol–water partition coefficient (Wildman–Crippen LogP) is 0.350. The fourth-order valence-electron chi connectivity index (χ4n) is 1.77. The van der Waals surface area contributed by atoms with Crippen LogP contribution in [0.3, 0.4) is 0 Å². The highest BCUT2D eigenvalue weighted by Gasteiger charge is 2.25. The van der Waals surface area contributed by atoms with Crippen LogP contribution in [0.1, 0.15) is 13.8 Å². The summed E-state index contributed by atoms with van der Waals surface area (Å²) in [6, 6.07) is 0.903. The molecule has 1 N–H and O–H groups in total. The molecule has 0 radical (unpaired) electrons. The van der Waals surface area contributed by atoms with Crippen LogP contribution in [0, 0.1) is 0 Å². The van der Waals surface area contributed by atoms with Gasteiger partial charge in [-0.1, -0.05) is 0 Å².